The summed E-state index contributed by atoms with van der Waals surface area (Å²) in [5.41, 5.74) is 10.2. The maximum absolute atomic E-state index is 12.0. The van der Waals surface area contributed by atoms with Crippen LogP contribution in [0.1, 0.15) is 0 Å². The molecule has 15 nitrogen and oxygen atoms in total. The van der Waals surface area contributed by atoms with Crippen molar-refractivity contribution in [3.05, 3.63) is 42.5 Å². The molecule has 0 fully saturated rings. The summed E-state index contributed by atoms with van der Waals surface area (Å²) in [6, 6.07) is 5.52. The Bertz CT molecular complexity index is 1730. The first kappa shape index (κ1) is 25.9. The average molecular weight is 546 g/mol. The number of amides is 2. The van der Waals surface area contributed by atoms with Gasteiger partial charge in [0.05, 0.1) is 10.6 Å². The van der Waals surface area contributed by atoms with Crippen LogP contribution in [0, 0.1) is 0 Å². The van der Waals surface area contributed by atoms with Gasteiger partial charge in [0.25, 0.3) is 30.4 Å². The molecule has 0 saturated carbocycles. The Morgan fingerprint density at radius 3 is 1.91 bits per heavy atom. The van der Waals surface area contributed by atoms with Gasteiger partial charge in [0, 0.05) is 11.1 Å². The van der Waals surface area contributed by atoms with Gasteiger partial charge in [-0.2, -0.15) is 25.3 Å². The Kier molecular flexibility index (Phi) is 6.55. The Hall–Kier alpha value is -3.68. The summed E-state index contributed by atoms with van der Waals surface area (Å²) < 4.78 is 99.2. The number of nitrogens with two attached hydrogens (primary N) is 2. The molecule has 0 aliphatic heterocycles. The van der Waals surface area contributed by atoms with Crippen LogP contribution in [0.2, 0.25) is 0 Å². The maximum atomic E-state index is 12.0. The molecule has 0 spiro atoms. The molecule has 0 atom stereocenters. The highest BCUT2D eigenvalue weighted by Gasteiger charge is 2.24. The zero-order valence-electron chi connectivity index (χ0n) is 17.0. The molecule has 0 aliphatic rings. The lowest BCUT2D eigenvalue weighted by Gasteiger charge is -2.10. The zero-order chi connectivity index (χ0) is 26.3. The topological polar surface area (TPSA) is 269 Å². The highest BCUT2D eigenvalue weighted by Crippen LogP contribution is 2.37. The van der Waals surface area contributed by atoms with Crippen LogP contribution in [-0.2, 0) is 30.4 Å². The second-order valence-electron chi connectivity index (χ2n) is 6.85. The number of rotatable bonds is 6. The van der Waals surface area contributed by atoms with E-state index in [2.05, 4.69) is 15.5 Å². The van der Waals surface area contributed by atoms with E-state index in [1.165, 1.54) is 18.2 Å². The van der Waals surface area contributed by atoms with Crippen LogP contribution in [0.5, 0.6) is 0 Å². The second-order valence-corrected chi connectivity index (χ2v) is 11.1. The Morgan fingerprint density at radius 1 is 0.771 bits per heavy atom. The number of anilines is 2. The van der Waals surface area contributed by atoms with Crippen molar-refractivity contribution in [2.24, 2.45) is 16.0 Å². The van der Waals surface area contributed by atoms with Crippen LogP contribution in [0.25, 0.3) is 10.8 Å². The lowest BCUT2D eigenvalue weighted by Crippen LogP contribution is -2.19. The number of nitrogens with zero attached hydrogens (tertiary/aromatic N) is 2. The van der Waals surface area contributed by atoms with Gasteiger partial charge in [-0.05, 0) is 47.9 Å². The van der Waals surface area contributed by atoms with Crippen LogP contribution in [0.4, 0.5) is 27.5 Å². The van der Waals surface area contributed by atoms with Crippen molar-refractivity contribution in [2.75, 3.05) is 11.1 Å². The van der Waals surface area contributed by atoms with Gasteiger partial charge in [-0.3, -0.25) is 13.7 Å². The summed E-state index contributed by atoms with van der Waals surface area (Å²) in [5.74, 6) is 0. The Labute approximate surface area is 197 Å². The first-order chi connectivity index (χ1) is 16.0. The molecule has 8 N–H and O–H groups in total. The van der Waals surface area contributed by atoms with Crippen LogP contribution in [0.15, 0.2) is 67.4 Å². The van der Waals surface area contributed by atoms with Gasteiger partial charge in [0.2, 0.25) is 0 Å². The van der Waals surface area contributed by atoms with Gasteiger partial charge in [0.15, 0.2) is 0 Å². The Balaban J connectivity index is 2.35. The number of hydrogen-bond donors (Lipinski definition) is 6. The molecule has 3 rings (SSSR count). The van der Waals surface area contributed by atoms with Gasteiger partial charge in [-0.25, -0.2) is 4.79 Å². The third-order valence-electron chi connectivity index (χ3n) is 4.37. The van der Waals surface area contributed by atoms with E-state index in [1.54, 1.807) is 0 Å². The minimum atomic E-state index is -5.10. The predicted molar refractivity (Wildman–Crippen MR) is 122 cm³/mol. The van der Waals surface area contributed by atoms with Gasteiger partial charge in [-0.15, -0.1) is 10.2 Å². The number of azo groups is 1. The minimum absolute atomic E-state index is 0.0214. The van der Waals surface area contributed by atoms with Gasteiger partial charge in [0.1, 0.15) is 21.2 Å². The number of nitrogen functional groups attached to an aromatic ring is 1. The van der Waals surface area contributed by atoms with Crippen molar-refractivity contribution in [2.45, 2.75) is 14.7 Å². The van der Waals surface area contributed by atoms with Crippen molar-refractivity contribution in [1.82, 2.24) is 0 Å². The molecule has 0 saturated heterocycles. The van der Waals surface area contributed by atoms with E-state index in [9.17, 15) is 43.7 Å². The van der Waals surface area contributed by atoms with Crippen molar-refractivity contribution >= 4 is 69.9 Å². The fraction of sp³-hybridized carbons (Fsp3) is 0. The molecule has 0 unspecified atom stereocenters. The summed E-state index contributed by atoms with van der Waals surface area (Å²) in [7, 11) is -15.1. The lowest BCUT2D eigenvalue weighted by atomic mass is 10.1. The third-order valence-corrected chi connectivity index (χ3v) is 6.97. The number of hydrogen-bond acceptors (Lipinski definition) is 10. The molecule has 3 aromatic carbocycles. The number of primary amides is 1. The first-order valence-electron chi connectivity index (χ1n) is 8.89. The highest BCUT2D eigenvalue weighted by molar-refractivity contribution is 7.87. The molecule has 0 radical (unpaired) electrons. The molecular weight excluding hydrogens is 530 g/mol. The van der Waals surface area contributed by atoms with E-state index >= 15 is 0 Å². The smallest absolute Gasteiger partial charge is 0.316 e. The fourth-order valence-corrected chi connectivity index (χ4v) is 4.94. The molecule has 0 heterocycles. The standard InChI is InChI=1S/C17H15N5O10S3/c18-9-1-2-12(13(5-9)20-17(19)23)21-22-14-7-11-8(4-16(14)35(30,31)32)3-10(33(24,25)26)6-15(11)34(27,28)29/h1-7H,18H2,(H3,19,20,23)(H,24,25,26)(H,27,28,29)(H,30,31,32)/b22-21+. The van der Waals surface area contributed by atoms with Crippen LogP contribution in [0.3, 0.4) is 0 Å². The number of urea groups is 1. The van der Waals surface area contributed by atoms with E-state index in [0.717, 1.165) is 6.07 Å². The molecule has 2 amide bonds. The summed E-state index contributed by atoms with van der Waals surface area (Å²) in [4.78, 5) is 8.30. The quantitative estimate of drug-likeness (QED) is 0.148. The minimum Gasteiger partial charge on any atom is -0.399 e. The molecule has 0 aliphatic carbocycles. The van der Waals surface area contributed by atoms with Gasteiger partial charge < -0.3 is 16.8 Å². The largest absolute Gasteiger partial charge is 0.399 e. The zero-order valence-corrected chi connectivity index (χ0v) is 19.5. The SMILES string of the molecule is NC(=O)Nc1cc(N)ccc1/N=N/c1cc2c(S(=O)(=O)O)cc(S(=O)(=O)O)cc2cc1S(=O)(=O)O. The van der Waals surface area contributed by atoms with E-state index in [0.29, 0.717) is 18.2 Å². The van der Waals surface area contributed by atoms with Crippen molar-refractivity contribution in [3.8, 4) is 0 Å². The fourth-order valence-electron chi connectivity index (χ4n) is 2.95. The van der Waals surface area contributed by atoms with Crippen LogP contribution < -0.4 is 16.8 Å². The third kappa shape index (κ3) is 5.88. The normalized spacial score (nSPS) is 12.8. The number of benzene rings is 3. The summed E-state index contributed by atoms with van der Waals surface area (Å²) in [6.45, 7) is 0. The van der Waals surface area contributed by atoms with Crippen molar-refractivity contribution < 1.29 is 43.7 Å². The molecule has 0 aromatic heterocycles. The number of carbonyl (C=O) groups is 1. The molecule has 186 valence electrons. The van der Waals surface area contributed by atoms with Crippen molar-refractivity contribution in [3.63, 3.8) is 0 Å². The van der Waals surface area contributed by atoms with Crippen LogP contribution >= 0.6 is 0 Å². The summed E-state index contributed by atoms with van der Waals surface area (Å²) in [6.07, 6.45) is 0. The average Bonchev–Trinajstić information content (AvgIpc) is 2.69. The number of nitrogens with one attached hydrogen (secondary N) is 1. The Morgan fingerprint density at radius 2 is 1.37 bits per heavy atom. The van der Waals surface area contributed by atoms with E-state index < -0.39 is 67.5 Å². The summed E-state index contributed by atoms with van der Waals surface area (Å²) >= 11 is 0. The summed E-state index contributed by atoms with van der Waals surface area (Å²) in [5, 5.41) is 8.85. The van der Waals surface area contributed by atoms with Gasteiger partial charge >= 0.3 is 6.03 Å². The molecule has 3 aromatic rings. The monoisotopic (exact) mass is 545 g/mol. The number of fused-ring (bicyclic) bond motifs is 1. The molecule has 0 bridgehead atoms. The highest BCUT2D eigenvalue weighted by atomic mass is 32.2. The lowest BCUT2D eigenvalue weighted by molar-refractivity contribution is 0.259. The number of carbonyl (C=O) groups excluding carboxylic acids is 1. The maximum Gasteiger partial charge on any atom is 0.316 e. The second kappa shape index (κ2) is 8.83. The predicted octanol–water partition coefficient (Wildman–Crippen LogP) is 2.07. The van der Waals surface area contributed by atoms with Crippen LogP contribution in [-0.4, -0.2) is 44.9 Å². The van der Waals surface area contributed by atoms with Crippen molar-refractivity contribution in [1.29, 1.82) is 0 Å². The van der Waals surface area contributed by atoms with E-state index in [-0.39, 0.29) is 17.1 Å². The van der Waals surface area contributed by atoms with E-state index in [1.807, 2.05) is 0 Å². The van der Waals surface area contributed by atoms with E-state index in [4.69, 9.17) is 11.5 Å². The van der Waals surface area contributed by atoms with Gasteiger partial charge in [-0.1, -0.05) is 0 Å². The molecule has 18 heteroatoms. The first-order valence-corrected chi connectivity index (χ1v) is 13.2. The molecular formula is C17H15N5O10S3. The molecule has 35 heavy (non-hydrogen) atoms.